The van der Waals surface area contributed by atoms with Gasteiger partial charge in [0.05, 0.1) is 5.92 Å². The lowest BCUT2D eigenvalue weighted by Crippen LogP contribution is -2.34. The lowest BCUT2D eigenvalue weighted by atomic mass is 10.0. The Labute approximate surface area is 74.2 Å². The van der Waals surface area contributed by atoms with Crippen LogP contribution in [-0.4, -0.2) is 33.6 Å². The summed E-state index contributed by atoms with van der Waals surface area (Å²) in [5.74, 6) is -3.34. The van der Waals surface area contributed by atoms with Crippen LogP contribution in [-0.2, 0) is 9.59 Å². The summed E-state index contributed by atoms with van der Waals surface area (Å²) in [6, 6.07) is -1.18. The Morgan fingerprint density at radius 1 is 1.42 bits per heavy atom. The van der Waals surface area contributed by atoms with Gasteiger partial charge in [0.1, 0.15) is 6.04 Å². The lowest BCUT2D eigenvalue weighted by Gasteiger charge is -2.09. The van der Waals surface area contributed by atoms with Gasteiger partial charge in [-0.2, -0.15) is 0 Å². The van der Waals surface area contributed by atoms with Crippen LogP contribution in [0.5, 0.6) is 0 Å². The topological polar surface area (TPSA) is 101 Å². The van der Waals surface area contributed by atoms with Gasteiger partial charge in [0, 0.05) is 0 Å². The molecule has 0 aromatic heterocycles. The van der Waals surface area contributed by atoms with E-state index >= 15 is 0 Å². The van der Waals surface area contributed by atoms with Gasteiger partial charge < -0.3 is 15.9 Å². The van der Waals surface area contributed by atoms with Crippen molar-refractivity contribution in [2.75, 3.05) is 0 Å². The maximum absolute atomic E-state index is 10.3. The van der Waals surface area contributed by atoms with Crippen LogP contribution in [0.4, 0.5) is 0 Å². The van der Waals surface area contributed by atoms with Crippen LogP contribution in [0, 0.1) is 5.92 Å². The molecule has 0 saturated heterocycles. The zero-order valence-corrected chi connectivity index (χ0v) is 6.95. The number of hydrogen-bond donors (Lipinski definition) is 3. The molecule has 0 aromatic rings. The standard InChI is InChI=1S/C6H9NO4S/c7-4(6(10)11)1-3(2-12)5(8)9/h2-4H,1,7H2,(H,8,9)(H,10,11)/t3?,4-/m0/s1. The predicted molar refractivity (Wildman–Crippen MR) is 45.0 cm³/mol. The zero-order chi connectivity index (χ0) is 9.72. The second kappa shape index (κ2) is 4.78. The molecule has 1 unspecified atom stereocenters. The van der Waals surface area contributed by atoms with Gasteiger partial charge in [0.25, 0.3) is 0 Å². The Balaban J connectivity index is 4.11. The molecule has 0 aromatic carbocycles. The Kier molecular flexibility index (Phi) is 4.38. The monoisotopic (exact) mass is 191 g/mol. The van der Waals surface area contributed by atoms with Gasteiger partial charge in [-0.3, -0.25) is 9.59 Å². The van der Waals surface area contributed by atoms with Crippen molar-refractivity contribution in [3.05, 3.63) is 0 Å². The molecule has 0 saturated carbocycles. The average Bonchev–Trinajstić information content (AvgIpc) is 1.98. The van der Waals surface area contributed by atoms with Crippen LogP contribution in [0.25, 0.3) is 0 Å². The molecule has 0 rings (SSSR count). The molecular weight excluding hydrogens is 182 g/mol. The van der Waals surface area contributed by atoms with Gasteiger partial charge in [-0.05, 0) is 11.8 Å². The smallest absolute Gasteiger partial charge is 0.320 e. The van der Waals surface area contributed by atoms with Crippen LogP contribution in [0.2, 0.25) is 0 Å². The summed E-state index contributed by atoms with van der Waals surface area (Å²) in [6.45, 7) is 0. The summed E-state index contributed by atoms with van der Waals surface area (Å²) >= 11 is 4.40. The first kappa shape index (κ1) is 11.0. The van der Waals surface area contributed by atoms with Crippen LogP contribution >= 0.6 is 12.2 Å². The Hall–Kier alpha value is -1.01. The fourth-order valence-electron chi connectivity index (χ4n) is 0.589. The zero-order valence-electron chi connectivity index (χ0n) is 6.14. The van der Waals surface area contributed by atoms with Crippen molar-refractivity contribution in [1.82, 2.24) is 0 Å². The highest BCUT2D eigenvalue weighted by Crippen LogP contribution is 2.03. The quantitative estimate of drug-likeness (QED) is 0.506. The normalized spacial score (nSPS) is 14.8. The fourth-order valence-corrected chi connectivity index (χ4v) is 0.816. The first-order valence-electron chi connectivity index (χ1n) is 3.15. The number of nitrogens with two attached hydrogens (primary N) is 1. The number of carboxylic acid groups (broad SMARTS) is 2. The van der Waals surface area contributed by atoms with Crippen molar-refractivity contribution in [2.45, 2.75) is 12.5 Å². The predicted octanol–water partition coefficient (Wildman–Crippen LogP) is -0.511. The number of hydrogen-bond acceptors (Lipinski definition) is 4. The molecule has 2 atom stereocenters. The molecule has 0 aliphatic heterocycles. The van der Waals surface area contributed by atoms with Gasteiger partial charge in [0.2, 0.25) is 0 Å². The van der Waals surface area contributed by atoms with Crippen molar-refractivity contribution in [3.8, 4) is 0 Å². The highest BCUT2D eigenvalue weighted by Gasteiger charge is 2.21. The number of carbonyl (C=O) groups is 2. The molecule has 5 nitrogen and oxygen atoms in total. The molecule has 0 heterocycles. The number of carboxylic acids is 2. The van der Waals surface area contributed by atoms with E-state index in [1.165, 1.54) is 0 Å². The highest BCUT2D eigenvalue weighted by molar-refractivity contribution is 7.79. The van der Waals surface area contributed by atoms with Gasteiger partial charge >= 0.3 is 11.9 Å². The molecule has 4 N–H and O–H groups in total. The van der Waals surface area contributed by atoms with Crippen molar-refractivity contribution >= 4 is 29.5 Å². The minimum atomic E-state index is -1.22. The molecule has 0 aliphatic carbocycles. The van der Waals surface area contributed by atoms with Crippen LogP contribution in [0.3, 0.4) is 0 Å². The van der Waals surface area contributed by atoms with E-state index in [2.05, 4.69) is 12.2 Å². The van der Waals surface area contributed by atoms with Gasteiger partial charge in [-0.25, -0.2) is 0 Å². The van der Waals surface area contributed by atoms with E-state index in [9.17, 15) is 9.59 Å². The second-order valence-electron chi connectivity index (χ2n) is 2.26. The molecule has 0 fully saturated rings. The van der Waals surface area contributed by atoms with Crippen molar-refractivity contribution < 1.29 is 19.8 Å². The maximum Gasteiger partial charge on any atom is 0.320 e. The Bertz CT molecular complexity index is 206. The Morgan fingerprint density at radius 3 is 2.17 bits per heavy atom. The lowest BCUT2D eigenvalue weighted by molar-refractivity contribution is -0.141. The third-order valence-electron chi connectivity index (χ3n) is 1.31. The van der Waals surface area contributed by atoms with Gasteiger partial charge in [-0.1, -0.05) is 12.2 Å². The minimum absolute atomic E-state index is 0.172. The third-order valence-corrected chi connectivity index (χ3v) is 1.64. The molecule has 0 bridgehead atoms. The van der Waals surface area contributed by atoms with E-state index in [1.54, 1.807) is 0 Å². The largest absolute Gasteiger partial charge is 0.481 e. The summed E-state index contributed by atoms with van der Waals surface area (Å²) in [7, 11) is 0. The molecule has 68 valence electrons. The molecule has 0 spiro atoms. The van der Waals surface area contributed by atoms with Gasteiger partial charge in [0.15, 0.2) is 0 Å². The molecule has 0 amide bonds. The summed E-state index contributed by atoms with van der Waals surface area (Å²) in [6.07, 6.45) is -0.172. The second-order valence-corrected chi connectivity index (χ2v) is 2.53. The highest BCUT2D eigenvalue weighted by atomic mass is 32.1. The third kappa shape index (κ3) is 3.40. The van der Waals surface area contributed by atoms with Crippen molar-refractivity contribution in [1.29, 1.82) is 0 Å². The van der Waals surface area contributed by atoms with Crippen LogP contribution in [0.15, 0.2) is 0 Å². The average molecular weight is 191 g/mol. The number of aliphatic carboxylic acids is 2. The minimum Gasteiger partial charge on any atom is -0.481 e. The van der Waals surface area contributed by atoms with E-state index < -0.39 is 23.9 Å². The van der Waals surface area contributed by atoms with Crippen molar-refractivity contribution in [3.63, 3.8) is 0 Å². The summed E-state index contributed by atoms with van der Waals surface area (Å²) in [4.78, 5) is 20.5. The van der Waals surface area contributed by atoms with E-state index in [4.69, 9.17) is 15.9 Å². The van der Waals surface area contributed by atoms with E-state index in [0.29, 0.717) is 0 Å². The summed E-state index contributed by atoms with van der Waals surface area (Å²) in [5.41, 5.74) is 5.10. The molecule has 6 heteroatoms. The van der Waals surface area contributed by atoms with Crippen molar-refractivity contribution in [2.24, 2.45) is 11.7 Å². The van der Waals surface area contributed by atoms with Crippen LogP contribution < -0.4 is 5.73 Å². The SMILES string of the molecule is N[C@@H](CC(C=S)C(=O)O)C(=O)O. The summed E-state index contributed by atoms with van der Waals surface area (Å²) in [5, 5.41) is 17.8. The summed E-state index contributed by atoms with van der Waals surface area (Å²) < 4.78 is 0. The fraction of sp³-hybridized carbons (Fsp3) is 0.500. The van der Waals surface area contributed by atoms with Gasteiger partial charge in [-0.15, -0.1) is 0 Å². The molecule has 12 heavy (non-hydrogen) atoms. The maximum atomic E-state index is 10.3. The van der Waals surface area contributed by atoms with Crippen LogP contribution in [0.1, 0.15) is 6.42 Å². The first-order chi connectivity index (χ1) is 5.49. The number of rotatable bonds is 5. The number of thiocarbonyl (C=S) groups is 1. The first-order valence-corrected chi connectivity index (χ1v) is 3.62. The molecule has 0 aliphatic rings. The Morgan fingerprint density at radius 2 is 1.92 bits per heavy atom. The molecule has 0 radical (unpaired) electrons. The van der Waals surface area contributed by atoms with E-state index in [0.717, 1.165) is 5.37 Å². The molecular formula is C6H9NO4S. The van der Waals surface area contributed by atoms with E-state index in [1.807, 2.05) is 0 Å². The van der Waals surface area contributed by atoms with E-state index in [-0.39, 0.29) is 6.42 Å².